The van der Waals surface area contributed by atoms with E-state index in [0.717, 1.165) is 0 Å². The van der Waals surface area contributed by atoms with Crippen LogP contribution in [0.2, 0.25) is 0 Å². The van der Waals surface area contributed by atoms with E-state index in [1.165, 1.54) is 0 Å². The minimum Gasteiger partial charge on any atom is -0.780 e. The van der Waals surface area contributed by atoms with Crippen molar-refractivity contribution in [3.8, 4) is 0 Å². The van der Waals surface area contributed by atoms with Crippen molar-refractivity contribution in [1.82, 2.24) is 0 Å². The van der Waals surface area contributed by atoms with Crippen molar-refractivity contribution in [2.45, 2.75) is 24.4 Å². The number of hydrogen-bond donors (Lipinski definition) is 5. The second kappa shape index (κ2) is 20.8. The fraction of sp³-hybridized carbons (Fsp3) is 0.833. The van der Waals surface area contributed by atoms with Crippen molar-refractivity contribution in [3.63, 3.8) is 0 Å². The first kappa shape index (κ1) is 44.7. The van der Waals surface area contributed by atoms with Crippen molar-refractivity contribution < 1.29 is 174 Å². The Kier molecular flexibility index (Phi) is 40.5. The zero-order chi connectivity index (χ0) is 13.8. The average Bonchev–Trinajstić information content (AvgIpc) is 2.22. The Morgan fingerprint density at radius 2 is 1.30 bits per heavy atom. The zero-order valence-corrected chi connectivity index (χ0v) is 19.4. The number of aliphatic hydroxyl groups excluding tert-OH is 5. The molecule has 0 amide bonds. The number of rotatable bonds is 6. The summed E-state index contributed by atoms with van der Waals surface area (Å²) in [4.78, 5) is 30.8. The summed E-state index contributed by atoms with van der Waals surface area (Å²) in [5.74, 6) is -2.00. The van der Waals surface area contributed by atoms with Crippen LogP contribution in [-0.2, 0) is 13.9 Å². The maximum absolute atomic E-state index is 10.8. The molecule has 0 aliphatic rings. The molecule has 0 aliphatic carbocycles. The molecule has 0 aromatic carbocycles. The van der Waals surface area contributed by atoms with E-state index in [-0.39, 0.29) is 125 Å². The SMILES string of the molecule is O.O.O.O.O=C(OP(=O)([O-])[O-])[C@H](O)[C@@H](O)[C@H](O)[C@H](O)CO.[K+].[K+]. The van der Waals surface area contributed by atoms with Gasteiger partial charge in [0.05, 0.1) is 6.61 Å². The molecule has 0 saturated heterocycles. The molecule has 13 N–H and O–H groups in total. The summed E-state index contributed by atoms with van der Waals surface area (Å²) in [6.45, 7) is -0.985. The van der Waals surface area contributed by atoms with Gasteiger partial charge in [-0.2, -0.15) is 0 Å². The van der Waals surface area contributed by atoms with Crippen LogP contribution in [0, 0.1) is 0 Å². The Hall–Kier alpha value is 2.53. The number of phosphoric ester groups is 1. The minimum absolute atomic E-state index is 0. The molecule has 0 fully saturated rings. The normalized spacial score (nSPS) is 14.2. The number of carbonyl (C=O) groups excluding carboxylic acids is 1. The Bertz CT molecular complexity index is 312. The third-order valence-corrected chi connectivity index (χ3v) is 2.10. The van der Waals surface area contributed by atoms with Gasteiger partial charge in [0.1, 0.15) is 26.1 Å². The van der Waals surface area contributed by atoms with Gasteiger partial charge in [0.15, 0.2) is 6.10 Å². The predicted octanol–water partition coefficient (Wildman–Crippen LogP) is -14.5. The third kappa shape index (κ3) is 19.1. The van der Waals surface area contributed by atoms with Crippen molar-refractivity contribution in [2.24, 2.45) is 0 Å². The number of phosphoric acid groups is 1. The number of hydrogen-bond acceptors (Lipinski definition) is 10. The molecule has 14 nitrogen and oxygen atoms in total. The molecule has 0 saturated carbocycles. The van der Waals surface area contributed by atoms with E-state index in [0.29, 0.717) is 0 Å². The first-order valence-electron chi connectivity index (χ1n) is 4.18. The van der Waals surface area contributed by atoms with E-state index in [4.69, 9.17) is 25.5 Å². The van der Waals surface area contributed by atoms with Crippen LogP contribution in [0.1, 0.15) is 0 Å². The summed E-state index contributed by atoms with van der Waals surface area (Å²) in [5, 5.41) is 44.4. The van der Waals surface area contributed by atoms with E-state index >= 15 is 0 Å². The van der Waals surface area contributed by atoms with Crippen LogP contribution in [0.5, 0.6) is 0 Å². The third-order valence-electron chi connectivity index (χ3n) is 1.70. The molecule has 0 aromatic rings. The molecule has 0 unspecified atom stereocenters. The average molecular weight is 424 g/mol. The van der Waals surface area contributed by atoms with Crippen molar-refractivity contribution in [2.75, 3.05) is 6.61 Å². The smallest absolute Gasteiger partial charge is 0.780 e. The van der Waals surface area contributed by atoms with Gasteiger partial charge >= 0.3 is 109 Å². The molecule has 23 heavy (non-hydrogen) atoms. The monoisotopic (exact) mass is 424 g/mol. The van der Waals surface area contributed by atoms with E-state index in [9.17, 15) is 19.1 Å². The topological polar surface area (TPSA) is 317 Å². The molecular weight excluding hydrogens is 405 g/mol. The summed E-state index contributed by atoms with van der Waals surface area (Å²) in [5.41, 5.74) is 0. The van der Waals surface area contributed by atoms with Crippen LogP contribution in [0.4, 0.5) is 0 Å². The molecule has 134 valence electrons. The van der Waals surface area contributed by atoms with Crippen LogP contribution >= 0.6 is 7.82 Å². The van der Waals surface area contributed by atoms with Gasteiger partial charge in [-0.3, -0.25) is 0 Å². The number of aliphatic hydroxyl groups is 5. The molecular formula is C6H19K2O14P. The van der Waals surface area contributed by atoms with Crippen molar-refractivity contribution >= 4 is 13.8 Å². The molecule has 17 heteroatoms. The van der Waals surface area contributed by atoms with Crippen LogP contribution < -0.4 is 113 Å². The van der Waals surface area contributed by atoms with Gasteiger partial charge < -0.3 is 66.3 Å². The first-order chi connectivity index (χ1) is 7.60. The Morgan fingerprint density at radius 3 is 1.57 bits per heavy atom. The first-order valence-corrected chi connectivity index (χ1v) is 5.65. The van der Waals surface area contributed by atoms with Gasteiger partial charge in [0, 0.05) is 0 Å². The quantitative estimate of drug-likeness (QED) is 0.198. The van der Waals surface area contributed by atoms with E-state index in [1.807, 2.05) is 0 Å². The fourth-order valence-corrected chi connectivity index (χ4v) is 1.15. The zero-order valence-electron chi connectivity index (χ0n) is 12.2. The summed E-state index contributed by atoms with van der Waals surface area (Å²) in [6, 6.07) is 0. The number of carbonyl (C=O) groups is 1. The second-order valence-electron chi connectivity index (χ2n) is 3.03. The fourth-order valence-electron chi connectivity index (χ4n) is 0.826. The minimum atomic E-state index is -5.69. The van der Waals surface area contributed by atoms with Crippen molar-refractivity contribution in [1.29, 1.82) is 0 Å². The summed E-state index contributed by atoms with van der Waals surface area (Å²) >= 11 is 0. The van der Waals surface area contributed by atoms with Gasteiger partial charge in [-0.05, 0) is 0 Å². The van der Waals surface area contributed by atoms with Gasteiger partial charge in [0.25, 0.3) is 0 Å². The maximum Gasteiger partial charge on any atom is 1.00 e. The molecule has 0 rings (SSSR count). The van der Waals surface area contributed by atoms with E-state index in [2.05, 4.69) is 4.52 Å². The van der Waals surface area contributed by atoms with Crippen LogP contribution in [-0.4, -0.2) is 84.4 Å². The van der Waals surface area contributed by atoms with Crippen LogP contribution in [0.25, 0.3) is 0 Å². The maximum atomic E-state index is 10.8. The molecule has 0 spiro atoms. The largest absolute Gasteiger partial charge is 1.00 e. The molecule has 0 heterocycles. The molecule has 0 aromatic heterocycles. The standard InChI is InChI=1S/C6H13O10P.2K.4H2O/c7-1-2(8)3(9)4(10)5(11)6(12)16-17(13,14)15;;;;;;/h2-5,7-11H,1H2,(H2,13,14,15);;;4*1H2/q;2*+1;;;;/p-2/t2-,3-,4+,5-;;;;;;/m1....../s1. The summed E-state index contributed by atoms with van der Waals surface area (Å²) in [7, 11) is -5.69. The Labute approximate surface area is 215 Å². The van der Waals surface area contributed by atoms with Crippen molar-refractivity contribution in [3.05, 3.63) is 0 Å². The van der Waals surface area contributed by atoms with Gasteiger partial charge in [-0.1, -0.05) is 0 Å². The predicted molar refractivity (Wildman–Crippen MR) is 59.3 cm³/mol. The Balaban J connectivity index is -0.0000000853. The van der Waals surface area contributed by atoms with Gasteiger partial charge in [0.2, 0.25) is 0 Å². The molecule has 4 atom stereocenters. The van der Waals surface area contributed by atoms with Crippen LogP contribution in [0.15, 0.2) is 0 Å². The Morgan fingerprint density at radius 1 is 0.957 bits per heavy atom. The van der Waals surface area contributed by atoms with Gasteiger partial charge in [-0.15, -0.1) is 0 Å². The summed E-state index contributed by atoms with van der Waals surface area (Å²) < 4.78 is 13.2. The van der Waals surface area contributed by atoms with E-state index < -0.39 is 44.8 Å². The second-order valence-corrected chi connectivity index (χ2v) is 4.11. The molecule has 0 aliphatic heterocycles. The summed E-state index contributed by atoms with van der Waals surface area (Å²) in [6.07, 6.45) is -8.92. The van der Waals surface area contributed by atoms with Crippen LogP contribution in [0.3, 0.4) is 0 Å². The molecule has 0 bridgehead atoms. The van der Waals surface area contributed by atoms with E-state index in [1.54, 1.807) is 0 Å². The van der Waals surface area contributed by atoms with Gasteiger partial charge in [-0.25, -0.2) is 4.79 Å². The molecule has 0 radical (unpaired) electrons.